The smallest absolute Gasteiger partial charge is 0.154 e. The van der Waals surface area contributed by atoms with Gasteiger partial charge in [-0.2, -0.15) is 0 Å². The highest BCUT2D eigenvalue weighted by molar-refractivity contribution is 7.92. The highest BCUT2D eigenvalue weighted by Gasteiger charge is 2.35. The average Bonchev–Trinajstić information content (AvgIpc) is 2.85. The van der Waals surface area contributed by atoms with Crippen LogP contribution in [-0.2, 0) is 9.84 Å². The lowest BCUT2D eigenvalue weighted by Crippen LogP contribution is -2.45. The van der Waals surface area contributed by atoms with Crippen LogP contribution in [0.15, 0.2) is 0 Å². The highest BCUT2D eigenvalue weighted by atomic mass is 32.2. The fourth-order valence-corrected chi connectivity index (χ4v) is 6.69. The van der Waals surface area contributed by atoms with Gasteiger partial charge in [0.1, 0.15) is 0 Å². The van der Waals surface area contributed by atoms with Gasteiger partial charge in [0.05, 0.1) is 11.0 Å². The van der Waals surface area contributed by atoms with Crippen LogP contribution in [0.25, 0.3) is 0 Å². The van der Waals surface area contributed by atoms with E-state index in [0.29, 0.717) is 18.3 Å². The predicted molar refractivity (Wildman–Crippen MR) is 87.1 cm³/mol. The van der Waals surface area contributed by atoms with Crippen LogP contribution in [0.1, 0.15) is 70.6 Å². The molecule has 0 aromatic rings. The van der Waals surface area contributed by atoms with Crippen LogP contribution in [0, 0.1) is 11.8 Å². The standard InChI is InChI=1S/C17H31NO2S/c19-21(20)12-6-9-15(21)13-18-17-11-5-4-10-16(17)14-7-2-1-3-8-14/h14-18H,1-13H2/t15-,16+,17+/m1/s1. The molecule has 0 amide bonds. The summed E-state index contributed by atoms with van der Waals surface area (Å²) in [5.74, 6) is 2.12. The summed E-state index contributed by atoms with van der Waals surface area (Å²) in [6, 6.07) is 0.581. The Morgan fingerprint density at radius 1 is 0.810 bits per heavy atom. The number of hydrogen-bond donors (Lipinski definition) is 1. The minimum Gasteiger partial charge on any atom is -0.312 e. The van der Waals surface area contributed by atoms with Crippen molar-refractivity contribution < 1.29 is 8.42 Å². The van der Waals surface area contributed by atoms with Crippen LogP contribution in [0.2, 0.25) is 0 Å². The summed E-state index contributed by atoms with van der Waals surface area (Å²) in [7, 11) is -2.79. The van der Waals surface area contributed by atoms with Crippen LogP contribution in [0.5, 0.6) is 0 Å². The molecule has 0 aromatic heterocycles. The average molecular weight is 314 g/mol. The van der Waals surface area contributed by atoms with Crippen molar-refractivity contribution in [3.8, 4) is 0 Å². The number of rotatable bonds is 4. The third-order valence-electron chi connectivity index (χ3n) is 6.15. The molecule has 21 heavy (non-hydrogen) atoms. The minimum absolute atomic E-state index is 0.105. The molecule has 3 fully saturated rings. The summed E-state index contributed by atoms with van der Waals surface area (Å²) < 4.78 is 24.0. The fraction of sp³-hybridized carbons (Fsp3) is 1.00. The van der Waals surface area contributed by atoms with E-state index in [4.69, 9.17) is 0 Å². The van der Waals surface area contributed by atoms with Crippen LogP contribution in [0.3, 0.4) is 0 Å². The summed E-state index contributed by atoms with van der Waals surface area (Å²) >= 11 is 0. The van der Waals surface area contributed by atoms with E-state index in [0.717, 1.165) is 24.7 Å². The SMILES string of the molecule is O=S1(=O)CCC[C@@H]1CN[C@H]1CCCC[C@H]1C1CCCCC1. The van der Waals surface area contributed by atoms with Gasteiger partial charge in [0, 0.05) is 12.6 Å². The monoisotopic (exact) mass is 313 g/mol. The first-order valence-electron chi connectivity index (χ1n) is 9.12. The largest absolute Gasteiger partial charge is 0.312 e. The van der Waals surface area contributed by atoms with Gasteiger partial charge < -0.3 is 5.32 Å². The Hall–Kier alpha value is -0.0900. The normalized spacial score (nSPS) is 37.6. The maximum absolute atomic E-state index is 12.0. The van der Waals surface area contributed by atoms with Gasteiger partial charge in [-0.1, -0.05) is 44.9 Å². The van der Waals surface area contributed by atoms with E-state index in [9.17, 15) is 8.42 Å². The van der Waals surface area contributed by atoms with Crippen molar-refractivity contribution in [1.29, 1.82) is 0 Å². The Morgan fingerprint density at radius 2 is 1.52 bits per heavy atom. The number of hydrogen-bond acceptors (Lipinski definition) is 3. The molecule has 0 unspecified atom stereocenters. The number of sulfone groups is 1. The van der Waals surface area contributed by atoms with Gasteiger partial charge in [-0.05, 0) is 37.5 Å². The van der Waals surface area contributed by atoms with Crippen molar-refractivity contribution in [3.63, 3.8) is 0 Å². The summed E-state index contributed by atoms with van der Waals surface area (Å²) in [5.41, 5.74) is 0. The highest BCUT2D eigenvalue weighted by Crippen LogP contribution is 2.38. The minimum atomic E-state index is -2.79. The lowest BCUT2D eigenvalue weighted by Gasteiger charge is -2.40. The molecule has 2 saturated carbocycles. The van der Waals surface area contributed by atoms with Crippen LogP contribution >= 0.6 is 0 Å². The molecule has 2 aliphatic carbocycles. The van der Waals surface area contributed by atoms with Gasteiger partial charge in [-0.25, -0.2) is 8.42 Å². The summed E-state index contributed by atoms with van der Waals surface area (Å²) in [6.07, 6.45) is 14.1. The zero-order chi connectivity index (χ0) is 14.7. The second kappa shape index (κ2) is 6.99. The predicted octanol–water partition coefficient (Wildman–Crippen LogP) is 3.29. The van der Waals surface area contributed by atoms with E-state index in [1.165, 1.54) is 57.8 Å². The summed E-state index contributed by atoms with van der Waals surface area (Å²) in [5, 5.41) is 3.58. The van der Waals surface area contributed by atoms with Crippen molar-refractivity contribution in [3.05, 3.63) is 0 Å². The van der Waals surface area contributed by atoms with Crippen LogP contribution in [-0.4, -0.2) is 32.0 Å². The van der Waals surface area contributed by atoms with Crippen molar-refractivity contribution >= 4 is 9.84 Å². The Morgan fingerprint density at radius 3 is 2.24 bits per heavy atom. The van der Waals surface area contributed by atoms with E-state index in [1.807, 2.05) is 0 Å². The maximum Gasteiger partial charge on any atom is 0.154 e. The zero-order valence-corrected chi connectivity index (χ0v) is 14.0. The van der Waals surface area contributed by atoms with E-state index >= 15 is 0 Å². The first-order valence-corrected chi connectivity index (χ1v) is 10.8. The Kier molecular flexibility index (Phi) is 5.26. The molecule has 3 nitrogen and oxygen atoms in total. The molecule has 0 radical (unpaired) electrons. The summed E-state index contributed by atoms with van der Waals surface area (Å²) in [4.78, 5) is 0. The van der Waals surface area contributed by atoms with E-state index in [-0.39, 0.29) is 5.25 Å². The molecule has 3 aliphatic rings. The first kappa shape index (κ1) is 15.8. The molecule has 1 heterocycles. The molecule has 0 bridgehead atoms. The molecule has 3 atom stereocenters. The Bertz CT molecular complexity index is 428. The van der Waals surface area contributed by atoms with E-state index in [1.54, 1.807) is 0 Å². The van der Waals surface area contributed by atoms with Crippen molar-refractivity contribution in [2.45, 2.75) is 81.9 Å². The topological polar surface area (TPSA) is 46.2 Å². The number of nitrogens with one attached hydrogen (secondary N) is 1. The zero-order valence-electron chi connectivity index (χ0n) is 13.2. The van der Waals surface area contributed by atoms with E-state index in [2.05, 4.69) is 5.32 Å². The van der Waals surface area contributed by atoms with Gasteiger partial charge in [0.15, 0.2) is 9.84 Å². The lowest BCUT2D eigenvalue weighted by molar-refractivity contribution is 0.150. The lowest BCUT2D eigenvalue weighted by atomic mass is 9.71. The van der Waals surface area contributed by atoms with Gasteiger partial charge in [-0.3, -0.25) is 0 Å². The Labute approximate surface area is 130 Å². The molecule has 1 N–H and O–H groups in total. The molecule has 1 saturated heterocycles. The maximum atomic E-state index is 12.0. The first-order chi connectivity index (χ1) is 10.2. The molecule has 4 heteroatoms. The third kappa shape index (κ3) is 3.82. The van der Waals surface area contributed by atoms with Crippen molar-refractivity contribution in [1.82, 2.24) is 5.32 Å². The van der Waals surface area contributed by atoms with E-state index < -0.39 is 9.84 Å². The molecule has 1 aliphatic heterocycles. The fourth-order valence-electron chi connectivity index (χ4n) is 4.91. The molecule has 0 aromatic carbocycles. The van der Waals surface area contributed by atoms with Crippen LogP contribution in [0.4, 0.5) is 0 Å². The third-order valence-corrected chi connectivity index (χ3v) is 8.42. The van der Waals surface area contributed by atoms with Crippen LogP contribution < -0.4 is 5.32 Å². The molecule has 3 rings (SSSR count). The van der Waals surface area contributed by atoms with Crippen molar-refractivity contribution in [2.24, 2.45) is 11.8 Å². The second-order valence-electron chi connectivity index (χ2n) is 7.49. The summed E-state index contributed by atoms with van der Waals surface area (Å²) in [6.45, 7) is 0.705. The molecule has 122 valence electrons. The van der Waals surface area contributed by atoms with Gasteiger partial charge in [0.2, 0.25) is 0 Å². The van der Waals surface area contributed by atoms with Gasteiger partial charge in [0.25, 0.3) is 0 Å². The molecule has 0 spiro atoms. The molecular weight excluding hydrogens is 282 g/mol. The quantitative estimate of drug-likeness (QED) is 0.866. The van der Waals surface area contributed by atoms with Gasteiger partial charge in [-0.15, -0.1) is 0 Å². The molecular formula is C17H31NO2S. The second-order valence-corrected chi connectivity index (χ2v) is 9.89. The van der Waals surface area contributed by atoms with Gasteiger partial charge >= 0.3 is 0 Å². The van der Waals surface area contributed by atoms with Crippen molar-refractivity contribution in [2.75, 3.05) is 12.3 Å². The Balaban J connectivity index is 1.56.